The summed E-state index contributed by atoms with van der Waals surface area (Å²) in [6.45, 7) is 1.66. The van der Waals surface area contributed by atoms with Crippen LogP contribution >= 0.6 is 0 Å². The number of hydrogen-bond acceptors (Lipinski definition) is 4. The molecule has 1 heterocycles. The van der Waals surface area contributed by atoms with E-state index in [4.69, 9.17) is 9.52 Å². The zero-order valence-electron chi connectivity index (χ0n) is 9.06. The van der Waals surface area contributed by atoms with Crippen LogP contribution in [0.15, 0.2) is 27.4 Å². The Morgan fingerprint density at radius 3 is 2.76 bits per heavy atom. The van der Waals surface area contributed by atoms with Crippen LogP contribution in [-0.2, 0) is 11.2 Å². The molecule has 0 aliphatic rings. The van der Waals surface area contributed by atoms with Gasteiger partial charge in [-0.3, -0.25) is 4.79 Å². The van der Waals surface area contributed by atoms with Crippen LogP contribution in [0.2, 0.25) is 0 Å². The van der Waals surface area contributed by atoms with Gasteiger partial charge >= 0.3 is 11.6 Å². The van der Waals surface area contributed by atoms with E-state index in [9.17, 15) is 14.7 Å². The van der Waals surface area contributed by atoms with E-state index >= 15 is 0 Å². The van der Waals surface area contributed by atoms with Gasteiger partial charge in [-0.25, -0.2) is 4.79 Å². The first-order valence-corrected chi connectivity index (χ1v) is 4.96. The average Bonchev–Trinajstić information content (AvgIpc) is 2.23. The van der Waals surface area contributed by atoms with Gasteiger partial charge in [-0.15, -0.1) is 0 Å². The van der Waals surface area contributed by atoms with Crippen LogP contribution in [0.3, 0.4) is 0 Å². The number of carboxylic acids is 1. The van der Waals surface area contributed by atoms with Crippen molar-refractivity contribution in [3.8, 4) is 5.75 Å². The minimum Gasteiger partial charge on any atom is -0.508 e. The fourth-order valence-electron chi connectivity index (χ4n) is 1.74. The summed E-state index contributed by atoms with van der Waals surface area (Å²) in [4.78, 5) is 22.2. The minimum absolute atomic E-state index is 0.00830. The number of aryl methyl sites for hydroxylation is 1. The summed E-state index contributed by atoms with van der Waals surface area (Å²) in [6, 6.07) is 4.38. The fraction of sp³-hybridized carbons (Fsp3) is 0.167. The van der Waals surface area contributed by atoms with Crippen LogP contribution < -0.4 is 5.63 Å². The van der Waals surface area contributed by atoms with Crippen molar-refractivity contribution in [1.82, 2.24) is 0 Å². The summed E-state index contributed by atoms with van der Waals surface area (Å²) < 4.78 is 4.98. The smallest absolute Gasteiger partial charge is 0.340 e. The lowest BCUT2D eigenvalue weighted by atomic mass is 10.0. The first-order chi connectivity index (χ1) is 7.99. The number of phenolic OH excluding ortho intramolecular Hbond substituents is 1. The summed E-state index contributed by atoms with van der Waals surface area (Å²) in [6.07, 6.45) is -0.370. The minimum atomic E-state index is -1.08. The highest BCUT2D eigenvalue weighted by Gasteiger charge is 2.14. The van der Waals surface area contributed by atoms with Crippen molar-refractivity contribution in [2.45, 2.75) is 13.3 Å². The summed E-state index contributed by atoms with van der Waals surface area (Å²) >= 11 is 0. The van der Waals surface area contributed by atoms with Gasteiger partial charge in [0.05, 0.1) is 12.0 Å². The van der Waals surface area contributed by atoms with Gasteiger partial charge in [-0.05, 0) is 24.6 Å². The fourth-order valence-corrected chi connectivity index (χ4v) is 1.74. The highest BCUT2D eigenvalue weighted by Crippen LogP contribution is 2.23. The predicted octanol–water partition coefficient (Wildman–Crippen LogP) is 1.43. The highest BCUT2D eigenvalue weighted by molar-refractivity contribution is 5.83. The molecule has 88 valence electrons. The summed E-state index contributed by atoms with van der Waals surface area (Å²) in [7, 11) is 0. The Hall–Kier alpha value is -2.30. The number of phenols is 1. The number of aliphatic carboxylic acids is 1. The van der Waals surface area contributed by atoms with E-state index in [0.717, 1.165) is 0 Å². The van der Waals surface area contributed by atoms with E-state index in [-0.39, 0.29) is 23.3 Å². The highest BCUT2D eigenvalue weighted by atomic mass is 16.4. The van der Waals surface area contributed by atoms with E-state index < -0.39 is 11.6 Å². The number of rotatable bonds is 2. The summed E-state index contributed by atoms with van der Waals surface area (Å²) in [5.41, 5.74) is 0.277. The molecule has 0 aliphatic heterocycles. The second kappa shape index (κ2) is 3.93. The zero-order valence-corrected chi connectivity index (χ0v) is 9.06. The van der Waals surface area contributed by atoms with Crippen molar-refractivity contribution in [1.29, 1.82) is 0 Å². The largest absolute Gasteiger partial charge is 0.508 e. The molecular formula is C12H10O5. The molecule has 0 fully saturated rings. The van der Waals surface area contributed by atoms with E-state index in [2.05, 4.69) is 0 Å². The first-order valence-electron chi connectivity index (χ1n) is 4.96. The Morgan fingerprint density at radius 1 is 1.41 bits per heavy atom. The van der Waals surface area contributed by atoms with E-state index in [0.29, 0.717) is 10.9 Å². The second-order valence-electron chi connectivity index (χ2n) is 3.74. The molecule has 17 heavy (non-hydrogen) atoms. The third kappa shape index (κ3) is 1.99. The van der Waals surface area contributed by atoms with E-state index in [1.807, 2.05) is 0 Å². The molecule has 2 rings (SSSR count). The Labute approximate surface area is 95.9 Å². The van der Waals surface area contributed by atoms with Crippen LogP contribution in [0.5, 0.6) is 5.75 Å². The van der Waals surface area contributed by atoms with Crippen LogP contribution in [0.25, 0.3) is 11.0 Å². The number of carbonyl (C=O) groups is 1. The molecule has 0 bridgehead atoms. The van der Waals surface area contributed by atoms with Gasteiger partial charge in [0.25, 0.3) is 0 Å². The monoisotopic (exact) mass is 234 g/mol. The SMILES string of the molecule is Cc1c(CC(=O)O)c(=O)oc2cc(O)ccc12. The van der Waals surface area contributed by atoms with E-state index in [1.165, 1.54) is 12.1 Å². The molecule has 1 aromatic carbocycles. The standard InChI is InChI=1S/C12H10O5/c1-6-8-3-2-7(13)4-10(8)17-12(16)9(6)5-11(14)15/h2-4,13H,5H2,1H3,(H,14,15). The van der Waals surface area contributed by atoms with Gasteiger partial charge in [-0.1, -0.05) is 0 Å². The van der Waals surface area contributed by atoms with Crippen LogP contribution in [0.4, 0.5) is 0 Å². The summed E-state index contributed by atoms with van der Waals surface area (Å²) in [5, 5.41) is 18.6. The summed E-state index contributed by atoms with van der Waals surface area (Å²) in [5.74, 6) is -1.09. The van der Waals surface area contributed by atoms with E-state index in [1.54, 1.807) is 13.0 Å². The number of carboxylic acid groups (broad SMARTS) is 1. The van der Waals surface area contributed by atoms with Gasteiger partial charge in [0.15, 0.2) is 0 Å². The lowest BCUT2D eigenvalue weighted by Crippen LogP contribution is -2.14. The molecule has 0 radical (unpaired) electrons. The molecule has 0 unspecified atom stereocenters. The number of fused-ring (bicyclic) bond motifs is 1. The van der Waals surface area contributed by atoms with Crippen molar-refractivity contribution in [3.63, 3.8) is 0 Å². The third-order valence-corrected chi connectivity index (χ3v) is 2.60. The van der Waals surface area contributed by atoms with Crippen LogP contribution in [0, 0.1) is 6.92 Å². The number of aromatic hydroxyl groups is 1. The zero-order chi connectivity index (χ0) is 12.6. The quantitative estimate of drug-likeness (QED) is 0.767. The molecule has 0 aliphatic carbocycles. The van der Waals surface area contributed by atoms with Gasteiger partial charge in [0.1, 0.15) is 11.3 Å². The second-order valence-corrected chi connectivity index (χ2v) is 3.74. The molecular weight excluding hydrogens is 224 g/mol. The number of benzene rings is 1. The average molecular weight is 234 g/mol. The molecule has 5 heteroatoms. The molecule has 2 aromatic rings. The van der Waals surface area contributed by atoms with Crippen molar-refractivity contribution < 1.29 is 19.4 Å². The Morgan fingerprint density at radius 2 is 2.12 bits per heavy atom. The molecule has 0 saturated heterocycles. The molecule has 0 saturated carbocycles. The molecule has 2 N–H and O–H groups in total. The lowest BCUT2D eigenvalue weighted by Gasteiger charge is -2.05. The third-order valence-electron chi connectivity index (χ3n) is 2.60. The Balaban J connectivity index is 2.76. The first kappa shape index (κ1) is 11.2. The van der Waals surface area contributed by atoms with Crippen molar-refractivity contribution in [2.24, 2.45) is 0 Å². The van der Waals surface area contributed by atoms with Gasteiger partial charge in [0, 0.05) is 11.5 Å². The van der Waals surface area contributed by atoms with Crippen molar-refractivity contribution >= 4 is 16.9 Å². The van der Waals surface area contributed by atoms with Gasteiger partial charge < -0.3 is 14.6 Å². The molecule has 5 nitrogen and oxygen atoms in total. The predicted molar refractivity (Wildman–Crippen MR) is 60.2 cm³/mol. The Bertz CT molecular complexity index is 654. The molecule has 0 amide bonds. The molecule has 1 aromatic heterocycles. The van der Waals surface area contributed by atoms with Crippen LogP contribution in [-0.4, -0.2) is 16.2 Å². The topological polar surface area (TPSA) is 87.7 Å². The van der Waals surface area contributed by atoms with Crippen molar-refractivity contribution in [2.75, 3.05) is 0 Å². The maximum Gasteiger partial charge on any atom is 0.340 e. The lowest BCUT2D eigenvalue weighted by molar-refractivity contribution is -0.136. The Kier molecular flexibility index (Phi) is 2.59. The van der Waals surface area contributed by atoms with Crippen LogP contribution in [0.1, 0.15) is 11.1 Å². The maximum atomic E-state index is 11.6. The number of hydrogen-bond donors (Lipinski definition) is 2. The van der Waals surface area contributed by atoms with Gasteiger partial charge in [-0.2, -0.15) is 0 Å². The molecule has 0 atom stereocenters. The van der Waals surface area contributed by atoms with Crippen molar-refractivity contribution in [3.05, 3.63) is 39.7 Å². The van der Waals surface area contributed by atoms with Gasteiger partial charge in [0.2, 0.25) is 0 Å². The molecule has 0 spiro atoms. The normalized spacial score (nSPS) is 10.6. The maximum absolute atomic E-state index is 11.6.